The molecule has 5 heteroatoms. The van der Waals surface area contributed by atoms with E-state index in [0.717, 1.165) is 18.5 Å². The maximum Gasteiger partial charge on any atom is 0.278 e. The molecule has 0 radical (unpaired) electrons. The SMILES string of the molecule is O=[N+]([O-])C(=Cc1cncn1C1CC1)c1ccccc1. The Labute approximate surface area is 110 Å². The number of aromatic nitrogens is 2. The molecule has 0 amide bonds. The van der Waals surface area contributed by atoms with E-state index in [1.807, 2.05) is 10.6 Å². The minimum atomic E-state index is -0.348. The molecule has 0 saturated heterocycles. The van der Waals surface area contributed by atoms with Crippen molar-refractivity contribution in [3.63, 3.8) is 0 Å². The van der Waals surface area contributed by atoms with Crippen molar-refractivity contribution in [3.8, 4) is 0 Å². The first-order valence-electron chi connectivity index (χ1n) is 6.19. The predicted molar refractivity (Wildman–Crippen MR) is 71.8 cm³/mol. The molecule has 1 saturated carbocycles. The summed E-state index contributed by atoms with van der Waals surface area (Å²) in [5.74, 6) is 0. The lowest BCUT2D eigenvalue weighted by molar-refractivity contribution is -0.374. The number of imidazole rings is 1. The summed E-state index contributed by atoms with van der Waals surface area (Å²) in [4.78, 5) is 15.0. The first-order valence-corrected chi connectivity index (χ1v) is 6.19. The van der Waals surface area contributed by atoms with Crippen LogP contribution in [0, 0.1) is 10.1 Å². The summed E-state index contributed by atoms with van der Waals surface area (Å²) in [6.45, 7) is 0. The molecule has 1 aliphatic carbocycles. The first-order chi connectivity index (χ1) is 9.25. The summed E-state index contributed by atoms with van der Waals surface area (Å²) < 4.78 is 2.01. The molecule has 0 atom stereocenters. The quantitative estimate of drug-likeness (QED) is 0.623. The maximum atomic E-state index is 11.2. The molecule has 96 valence electrons. The van der Waals surface area contributed by atoms with Gasteiger partial charge in [-0.1, -0.05) is 18.2 Å². The van der Waals surface area contributed by atoms with E-state index in [4.69, 9.17) is 0 Å². The molecule has 1 aromatic heterocycles. The highest BCUT2D eigenvalue weighted by molar-refractivity contribution is 5.75. The van der Waals surface area contributed by atoms with Crippen LogP contribution in [0.25, 0.3) is 11.8 Å². The fourth-order valence-electron chi connectivity index (χ4n) is 2.07. The van der Waals surface area contributed by atoms with Crippen molar-refractivity contribution < 1.29 is 4.92 Å². The average molecular weight is 255 g/mol. The predicted octanol–water partition coefficient (Wildman–Crippen LogP) is 2.99. The second kappa shape index (κ2) is 4.68. The van der Waals surface area contributed by atoms with Crippen LogP contribution in [0.15, 0.2) is 42.9 Å². The number of rotatable bonds is 4. The van der Waals surface area contributed by atoms with Crippen molar-refractivity contribution >= 4 is 11.8 Å². The molecule has 0 bridgehead atoms. The molecular formula is C14H13N3O2. The van der Waals surface area contributed by atoms with Crippen molar-refractivity contribution in [1.29, 1.82) is 0 Å². The van der Waals surface area contributed by atoms with E-state index >= 15 is 0 Å². The molecule has 1 aliphatic rings. The van der Waals surface area contributed by atoms with Gasteiger partial charge in [0.2, 0.25) is 0 Å². The van der Waals surface area contributed by atoms with Crippen LogP contribution in [0.4, 0.5) is 0 Å². The van der Waals surface area contributed by atoms with Crippen LogP contribution in [-0.4, -0.2) is 14.5 Å². The van der Waals surface area contributed by atoms with Gasteiger partial charge in [-0.2, -0.15) is 0 Å². The van der Waals surface area contributed by atoms with Gasteiger partial charge in [-0.3, -0.25) is 10.1 Å². The van der Waals surface area contributed by atoms with Crippen molar-refractivity contribution in [1.82, 2.24) is 9.55 Å². The third-order valence-electron chi connectivity index (χ3n) is 3.19. The van der Waals surface area contributed by atoms with Crippen LogP contribution in [0.3, 0.4) is 0 Å². The average Bonchev–Trinajstić information content (AvgIpc) is 3.16. The Bertz CT molecular complexity index is 627. The molecule has 0 N–H and O–H groups in total. The molecular weight excluding hydrogens is 242 g/mol. The summed E-state index contributed by atoms with van der Waals surface area (Å²) in [6, 6.07) is 9.38. The van der Waals surface area contributed by atoms with Crippen molar-refractivity contribution in [3.05, 3.63) is 64.2 Å². The Morgan fingerprint density at radius 1 is 1.37 bits per heavy atom. The van der Waals surface area contributed by atoms with E-state index in [9.17, 15) is 10.1 Å². The topological polar surface area (TPSA) is 61.0 Å². The zero-order valence-corrected chi connectivity index (χ0v) is 10.3. The van der Waals surface area contributed by atoms with Crippen molar-refractivity contribution in [2.75, 3.05) is 0 Å². The van der Waals surface area contributed by atoms with Crippen LogP contribution in [-0.2, 0) is 0 Å². The second-order valence-electron chi connectivity index (χ2n) is 4.61. The Hall–Kier alpha value is -2.43. The van der Waals surface area contributed by atoms with Gasteiger partial charge >= 0.3 is 0 Å². The fourth-order valence-corrected chi connectivity index (χ4v) is 2.07. The Morgan fingerprint density at radius 2 is 2.11 bits per heavy atom. The summed E-state index contributed by atoms with van der Waals surface area (Å²) >= 11 is 0. The molecule has 0 aliphatic heterocycles. The van der Waals surface area contributed by atoms with Crippen molar-refractivity contribution in [2.24, 2.45) is 0 Å². The third-order valence-corrected chi connectivity index (χ3v) is 3.19. The lowest BCUT2D eigenvalue weighted by Gasteiger charge is -2.03. The van der Waals surface area contributed by atoms with Crippen LogP contribution in [0.1, 0.15) is 30.1 Å². The van der Waals surface area contributed by atoms with E-state index < -0.39 is 0 Å². The summed E-state index contributed by atoms with van der Waals surface area (Å²) in [5.41, 5.74) is 1.50. The van der Waals surface area contributed by atoms with Crippen LogP contribution < -0.4 is 0 Å². The van der Waals surface area contributed by atoms with Gasteiger partial charge in [0.1, 0.15) is 0 Å². The van der Waals surface area contributed by atoms with Crippen LogP contribution in [0.2, 0.25) is 0 Å². The van der Waals surface area contributed by atoms with Gasteiger partial charge in [0.15, 0.2) is 0 Å². The lowest BCUT2D eigenvalue weighted by atomic mass is 10.1. The molecule has 1 fully saturated rings. The van der Waals surface area contributed by atoms with E-state index in [2.05, 4.69) is 4.98 Å². The Balaban J connectivity index is 2.02. The van der Waals surface area contributed by atoms with E-state index in [-0.39, 0.29) is 10.6 Å². The zero-order valence-electron chi connectivity index (χ0n) is 10.3. The van der Waals surface area contributed by atoms with Gasteiger partial charge in [0.05, 0.1) is 28.7 Å². The smallest absolute Gasteiger partial charge is 0.278 e. The van der Waals surface area contributed by atoms with Gasteiger partial charge < -0.3 is 4.57 Å². The third kappa shape index (κ3) is 2.40. The highest BCUT2D eigenvalue weighted by atomic mass is 16.6. The number of nitrogens with zero attached hydrogens (tertiary/aromatic N) is 3. The normalized spacial score (nSPS) is 15.5. The van der Waals surface area contributed by atoms with E-state index in [1.165, 1.54) is 0 Å². The molecule has 3 rings (SSSR count). The summed E-state index contributed by atoms with van der Waals surface area (Å²) in [5, 5.41) is 11.2. The monoisotopic (exact) mass is 255 g/mol. The van der Waals surface area contributed by atoms with Crippen LogP contribution in [0.5, 0.6) is 0 Å². The van der Waals surface area contributed by atoms with Gasteiger partial charge in [-0.15, -0.1) is 0 Å². The Morgan fingerprint density at radius 3 is 2.74 bits per heavy atom. The largest absolute Gasteiger partial charge is 0.328 e. The Kier molecular flexibility index (Phi) is 2.87. The van der Waals surface area contributed by atoms with Crippen LogP contribution >= 0.6 is 0 Å². The van der Waals surface area contributed by atoms with Gasteiger partial charge in [0.25, 0.3) is 5.70 Å². The summed E-state index contributed by atoms with van der Waals surface area (Å²) in [6.07, 6.45) is 7.25. The molecule has 5 nitrogen and oxygen atoms in total. The molecule has 1 heterocycles. The molecule has 2 aromatic rings. The van der Waals surface area contributed by atoms with E-state index in [0.29, 0.717) is 11.6 Å². The van der Waals surface area contributed by atoms with Gasteiger partial charge in [-0.05, 0) is 25.0 Å². The molecule has 19 heavy (non-hydrogen) atoms. The molecule has 1 aromatic carbocycles. The molecule has 0 spiro atoms. The van der Waals surface area contributed by atoms with Crippen molar-refractivity contribution in [2.45, 2.75) is 18.9 Å². The maximum absolute atomic E-state index is 11.2. The standard InChI is InChI=1S/C14H13N3O2/c18-17(19)14(11-4-2-1-3-5-11)8-13-9-15-10-16(13)12-6-7-12/h1-5,8-10,12H,6-7H2. The zero-order chi connectivity index (χ0) is 13.2. The minimum absolute atomic E-state index is 0.100. The lowest BCUT2D eigenvalue weighted by Crippen LogP contribution is -2.00. The van der Waals surface area contributed by atoms with Gasteiger partial charge in [0, 0.05) is 12.1 Å². The molecule has 0 unspecified atom stereocenters. The minimum Gasteiger partial charge on any atom is -0.328 e. The van der Waals surface area contributed by atoms with E-state index in [1.54, 1.807) is 42.9 Å². The second-order valence-corrected chi connectivity index (χ2v) is 4.61. The first kappa shape index (κ1) is 11.6. The highest BCUT2D eigenvalue weighted by Gasteiger charge is 2.25. The number of nitro groups is 1. The summed E-state index contributed by atoms with van der Waals surface area (Å²) in [7, 11) is 0. The van der Waals surface area contributed by atoms with Gasteiger partial charge in [-0.25, -0.2) is 4.98 Å². The number of hydrogen-bond acceptors (Lipinski definition) is 3. The number of benzene rings is 1. The number of hydrogen-bond donors (Lipinski definition) is 0. The fraction of sp³-hybridized carbons (Fsp3) is 0.214. The highest BCUT2D eigenvalue weighted by Crippen LogP contribution is 2.36.